The van der Waals surface area contributed by atoms with Crippen molar-refractivity contribution in [3.63, 3.8) is 0 Å². The SMILES string of the molecule is CCCCN1CC=C[C@]23O[C@H]4/C=C\CCCOC(=O)[C@H]4[C@H]2C(=O)N(CCCCCCO)C3C1=O. The van der Waals surface area contributed by atoms with Crippen LogP contribution >= 0.6 is 0 Å². The summed E-state index contributed by atoms with van der Waals surface area (Å²) in [4.78, 5) is 44.4. The van der Waals surface area contributed by atoms with Crippen molar-refractivity contribution in [2.75, 3.05) is 32.8 Å². The number of aliphatic hydroxyl groups is 1. The Morgan fingerprint density at radius 1 is 1.06 bits per heavy atom. The minimum absolute atomic E-state index is 0.103. The number of allylic oxidation sites excluding steroid dienone is 1. The predicted molar refractivity (Wildman–Crippen MR) is 126 cm³/mol. The number of rotatable bonds is 9. The van der Waals surface area contributed by atoms with E-state index in [-0.39, 0.29) is 18.4 Å². The van der Waals surface area contributed by atoms with E-state index in [1.54, 1.807) is 4.90 Å². The van der Waals surface area contributed by atoms with Crippen molar-refractivity contribution < 1.29 is 29.0 Å². The van der Waals surface area contributed by atoms with E-state index in [2.05, 4.69) is 6.92 Å². The average Bonchev–Trinajstić information content (AvgIpc) is 3.23. The highest BCUT2D eigenvalue weighted by atomic mass is 16.6. The van der Waals surface area contributed by atoms with Gasteiger partial charge < -0.3 is 24.4 Å². The van der Waals surface area contributed by atoms with Crippen molar-refractivity contribution in [2.45, 2.75) is 76.0 Å². The lowest BCUT2D eigenvalue weighted by Gasteiger charge is -2.35. The summed E-state index contributed by atoms with van der Waals surface area (Å²) in [5.41, 5.74) is -1.17. The molecule has 0 saturated carbocycles. The number of hydrogen-bond acceptors (Lipinski definition) is 6. The summed E-state index contributed by atoms with van der Waals surface area (Å²) in [7, 11) is 0. The Hall–Kier alpha value is -2.19. The summed E-state index contributed by atoms with van der Waals surface area (Å²) in [5, 5.41) is 9.06. The second kappa shape index (κ2) is 11.0. The van der Waals surface area contributed by atoms with Gasteiger partial charge in [0.1, 0.15) is 17.6 Å². The minimum atomic E-state index is -1.17. The van der Waals surface area contributed by atoms with Gasteiger partial charge in [-0.05, 0) is 32.1 Å². The number of cyclic esters (lactones) is 1. The van der Waals surface area contributed by atoms with E-state index in [1.165, 1.54) is 0 Å². The molecule has 0 aromatic rings. The van der Waals surface area contributed by atoms with Gasteiger partial charge in [-0.15, -0.1) is 0 Å². The van der Waals surface area contributed by atoms with Gasteiger partial charge in [-0.25, -0.2) is 0 Å². The standard InChI is InChI=1S/C26H38N2O6/c1-2-3-14-27-15-11-13-26-21(20-19(34-26)12-7-6-10-18-33-25(20)32)23(30)28(22(26)24(27)31)16-8-4-5-9-17-29/h7,11-13,19-22,29H,2-6,8-10,14-18H2,1H3/b12-7-/t19-,20+,21-,22?,26-/m0/s1. The molecule has 2 fully saturated rings. The largest absolute Gasteiger partial charge is 0.465 e. The fraction of sp³-hybridized carbons (Fsp3) is 0.731. The van der Waals surface area contributed by atoms with Gasteiger partial charge in [0.15, 0.2) is 0 Å². The number of hydrogen-bond donors (Lipinski definition) is 1. The molecule has 188 valence electrons. The van der Waals surface area contributed by atoms with Crippen molar-refractivity contribution in [2.24, 2.45) is 11.8 Å². The quantitative estimate of drug-likeness (QED) is 0.313. The number of aliphatic hydroxyl groups excluding tert-OH is 1. The van der Waals surface area contributed by atoms with Crippen LogP contribution in [0.15, 0.2) is 24.3 Å². The molecule has 2 amide bonds. The van der Waals surface area contributed by atoms with Crippen molar-refractivity contribution in [3.8, 4) is 0 Å². The summed E-state index contributed by atoms with van der Waals surface area (Å²) in [6.07, 6.45) is 13.6. The maximum Gasteiger partial charge on any atom is 0.312 e. The monoisotopic (exact) mass is 474 g/mol. The Kier molecular flexibility index (Phi) is 8.09. The van der Waals surface area contributed by atoms with E-state index in [0.29, 0.717) is 26.2 Å². The first-order valence-electron chi connectivity index (χ1n) is 12.9. The van der Waals surface area contributed by atoms with E-state index in [4.69, 9.17) is 14.6 Å². The molecule has 1 spiro atoms. The summed E-state index contributed by atoms with van der Waals surface area (Å²) in [6.45, 7) is 4.09. The smallest absolute Gasteiger partial charge is 0.312 e. The molecule has 0 radical (unpaired) electrons. The number of nitrogens with zero attached hydrogens (tertiary/aromatic N) is 2. The fourth-order valence-corrected chi connectivity index (χ4v) is 5.84. The number of ether oxygens (including phenoxy) is 2. The van der Waals surface area contributed by atoms with Gasteiger partial charge in [-0.2, -0.15) is 0 Å². The average molecular weight is 475 g/mol. The van der Waals surface area contributed by atoms with Gasteiger partial charge in [-0.1, -0.05) is 50.5 Å². The number of esters is 1. The Balaban J connectivity index is 1.68. The normalized spacial score (nSPS) is 34.0. The second-order valence-corrected chi connectivity index (χ2v) is 9.79. The van der Waals surface area contributed by atoms with Crippen LogP contribution in [0.25, 0.3) is 0 Å². The number of carbonyl (C=O) groups excluding carboxylic acids is 3. The molecule has 0 aromatic heterocycles. The zero-order chi connectivity index (χ0) is 24.1. The number of unbranched alkanes of at least 4 members (excludes halogenated alkanes) is 4. The first-order valence-corrected chi connectivity index (χ1v) is 12.9. The maximum absolute atomic E-state index is 13.9. The van der Waals surface area contributed by atoms with Gasteiger partial charge in [0, 0.05) is 26.2 Å². The van der Waals surface area contributed by atoms with Crippen molar-refractivity contribution >= 4 is 17.8 Å². The Labute approximate surface area is 201 Å². The molecule has 0 aliphatic carbocycles. The Bertz CT molecular complexity index is 826. The molecule has 0 bridgehead atoms. The van der Waals surface area contributed by atoms with Gasteiger partial charge in [0.25, 0.3) is 0 Å². The van der Waals surface area contributed by atoms with Crippen molar-refractivity contribution in [1.82, 2.24) is 9.80 Å². The van der Waals surface area contributed by atoms with Crippen LogP contribution in [0.4, 0.5) is 0 Å². The van der Waals surface area contributed by atoms with Crippen LogP contribution in [0.1, 0.15) is 58.3 Å². The zero-order valence-electron chi connectivity index (χ0n) is 20.2. The zero-order valence-corrected chi connectivity index (χ0v) is 20.2. The van der Waals surface area contributed by atoms with Crippen LogP contribution in [0, 0.1) is 11.8 Å². The second-order valence-electron chi connectivity index (χ2n) is 9.79. The van der Waals surface area contributed by atoms with Crippen LogP contribution in [0.5, 0.6) is 0 Å². The van der Waals surface area contributed by atoms with E-state index in [9.17, 15) is 14.4 Å². The minimum Gasteiger partial charge on any atom is -0.465 e. The molecular formula is C26H38N2O6. The predicted octanol–water partition coefficient (Wildman–Crippen LogP) is 2.21. The highest BCUT2D eigenvalue weighted by Gasteiger charge is 2.71. The summed E-state index contributed by atoms with van der Waals surface area (Å²) < 4.78 is 12.1. The number of amides is 2. The molecule has 5 atom stereocenters. The third kappa shape index (κ3) is 4.54. The third-order valence-electron chi connectivity index (χ3n) is 7.52. The molecule has 0 aromatic carbocycles. The van der Waals surface area contributed by atoms with Gasteiger partial charge in [0.2, 0.25) is 11.8 Å². The molecule has 1 unspecified atom stereocenters. The fourth-order valence-electron chi connectivity index (χ4n) is 5.84. The molecule has 4 rings (SSSR count). The van der Waals surface area contributed by atoms with Crippen LogP contribution in [0.2, 0.25) is 0 Å². The number of fused-ring (bicyclic) bond motifs is 2. The van der Waals surface area contributed by atoms with E-state index < -0.39 is 35.6 Å². The maximum atomic E-state index is 13.9. The summed E-state index contributed by atoms with van der Waals surface area (Å²) >= 11 is 0. The van der Waals surface area contributed by atoms with Crippen molar-refractivity contribution in [1.29, 1.82) is 0 Å². The lowest BCUT2D eigenvalue weighted by atomic mass is 9.78. The topological polar surface area (TPSA) is 96.4 Å². The lowest BCUT2D eigenvalue weighted by molar-refractivity contribution is -0.154. The third-order valence-corrected chi connectivity index (χ3v) is 7.52. The first-order chi connectivity index (χ1) is 16.5. The van der Waals surface area contributed by atoms with Gasteiger partial charge in [0.05, 0.1) is 18.6 Å². The molecular weight excluding hydrogens is 436 g/mol. The highest BCUT2D eigenvalue weighted by Crippen LogP contribution is 2.53. The summed E-state index contributed by atoms with van der Waals surface area (Å²) in [6, 6.07) is -0.782. The van der Waals surface area contributed by atoms with Gasteiger partial charge >= 0.3 is 5.97 Å². The lowest BCUT2D eigenvalue weighted by Crippen LogP contribution is -2.55. The van der Waals surface area contributed by atoms with E-state index >= 15 is 0 Å². The Morgan fingerprint density at radius 3 is 2.68 bits per heavy atom. The van der Waals surface area contributed by atoms with Crippen molar-refractivity contribution in [3.05, 3.63) is 24.3 Å². The molecule has 8 heteroatoms. The molecule has 1 N–H and O–H groups in total. The molecule has 8 nitrogen and oxygen atoms in total. The molecule has 4 aliphatic rings. The Morgan fingerprint density at radius 2 is 1.88 bits per heavy atom. The highest BCUT2D eigenvalue weighted by molar-refractivity contribution is 5.99. The van der Waals surface area contributed by atoms with E-state index in [1.807, 2.05) is 29.2 Å². The number of likely N-dealkylation sites (tertiary alicyclic amines) is 1. The van der Waals surface area contributed by atoms with Crippen LogP contribution in [-0.4, -0.2) is 83.3 Å². The number of carbonyl (C=O) groups is 3. The molecule has 34 heavy (non-hydrogen) atoms. The molecule has 2 saturated heterocycles. The van der Waals surface area contributed by atoms with Crippen LogP contribution in [0.3, 0.4) is 0 Å². The molecule has 4 heterocycles. The van der Waals surface area contributed by atoms with Crippen LogP contribution in [-0.2, 0) is 23.9 Å². The van der Waals surface area contributed by atoms with Crippen LogP contribution < -0.4 is 0 Å². The van der Waals surface area contributed by atoms with Gasteiger partial charge in [-0.3, -0.25) is 14.4 Å². The summed E-state index contributed by atoms with van der Waals surface area (Å²) in [5.74, 6) is -2.25. The van der Waals surface area contributed by atoms with E-state index in [0.717, 1.165) is 51.4 Å². The first kappa shape index (κ1) is 24.9. The molecule has 4 aliphatic heterocycles.